The van der Waals surface area contributed by atoms with Crippen molar-refractivity contribution in [2.75, 3.05) is 26.7 Å². The molecular formula is C15H24N2. The molecule has 1 fully saturated rings. The zero-order valence-corrected chi connectivity index (χ0v) is 11.5. The maximum Gasteiger partial charge on any atom is 0.0557 e. The molecule has 1 unspecified atom stereocenters. The number of benzene rings is 1. The van der Waals surface area contributed by atoms with E-state index in [1.165, 1.54) is 23.1 Å². The molecule has 1 heterocycles. The smallest absolute Gasteiger partial charge is 0.0557 e. The highest BCUT2D eigenvalue weighted by Crippen LogP contribution is 2.30. The highest BCUT2D eigenvalue weighted by Gasteiger charge is 2.33. The molecule has 1 N–H and O–H groups in total. The Bertz CT molecular complexity index is 400. The predicted molar refractivity (Wildman–Crippen MR) is 73.4 cm³/mol. The largest absolute Gasteiger partial charge is 0.315 e. The van der Waals surface area contributed by atoms with Crippen molar-refractivity contribution in [1.82, 2.24) is 10.2 Å². The van der Waals surface area contributed by atoms with Gasteiger partial charge in [0.1, 0.15) is 0 Å². The second kappa shape index (κ2) is 4.79. The summed E-state index contributed by atoms with van der Waals surface area (Å²) in [5.74, 6) is 0. The molecular weight excluding hydrogens is 208 g/mol. The van der Waals surface area contributed by atoms with Crippen molar-refractivity contribution in [1.29, 1.82) is 0 Å². The van der Waals surface area contributed by atoms with E-state index in [-0.39, 0.29) is 5.54 Å². The summed E-state index contributed by atoms with van der Waals surface area (Å²) in [5, 5.41) is 3.57. The molecule has 1 aliphatic heterocycles. The van der Waals surface area contributed by atoms with E-state index in [2.05, 4.69) is 56.2 Å². The van der Waals surface area contributed by atoms with Gasteiger partial charge in [0.05, 0.1) is 5.54 Å². The van der Waals surface area contributed by atoms with Crippen LogP contribution in [0.1, 0.15) is 30.0 Å². The van der Waals surface area contributed by atoms with Crippen LogP contribution < -0.4 is 5.32 Å². The molecule has 0 aromatic heterocycles. The molecule has 2 rings (SSSR count). The first-order valence-corrected chi connectivity index (χ1v) is 6.54. The lowest BCUT2D eigenvalue weighted by atomic mass is 9.86. The highest BCUT2D eigenvalue weighted by atomic mass is 15.2. The minimum Gasteiger partial charge on any atom is -0.315 e. The van der Waals surface area contributed by atoms with E-state index in [9.17, 15) is 0 Å². The minimum atomic E-state index is 0.119. The Labute approximate surface area is 105 Å². The number of nitrogens with one attached hydrogen (secondary N) is 1. The van der Waals surface area contributed by atoms with Gasteiger partial charge in [-0.15, -0.1) is 0 Å². The molecule has 1 saturated heterocycles. The van der Waals surface area contributed by atoms with Gasteiger partial charge in [0, 0.05) is 6.54 Å². The fourth-order valence-corrected chi connectivity index (χ4v) is 2.87. The summed E-state index contributed by atoms with van der Waals surface area (Å²) in [6.07, 6.45) is 1.23. The lowest BCUT2D eigenvalue weighted by Crippen LogP contribution is -2.46. The molecule has 17 heavy (non-hydrogen) atoms. The van der Waals surface area contributed by atoms with Crippen LogP contribution in [0.4, 0.5) is 0 Å². The van der Waals surface area contributed by atoms with Crippen molar-refractivity contribution >= 4 is 0 Å². The van der Waals surface area contributed by atoms with Crippen molar-refractivity contribution in [2.24, 2.45) is 0 Å². The molecule has 0 radical (unpaired) electrons. The molecule has 2 heteroatoms. The summed E-state index contributed by atoms with van der Waals surface area (Å²) in [7, 11) is 2.24. The van der Waals surface area contributed by atoms with Crippen LogP contribution in [-0.2, 0) is 5.54 Å². The van der Waals surface area contributed by atoms with Crippen molar-refractivity contribution < 1.29 is 0 Å². The molecule has 1 aromatic rings. The summed E-state index contributed by atoms with van der Waals surface area (Å²) < 4.78 is 0. The normalized spacial score (nSPS) is 26.8. The van der Waals surface area contributed by atoms with Crippen LogP contribution in [0.3, 0.4) is 0 Å². The van der Waals surface area contributed by atoms with E-state index in [0.29, 0.717) is 0 Å². The predicted octanol–water partition coefficient (Wildman–Crippen LogP) is 2.44. The van der Waals surface area contributed by atoms with Gasteiger partial charge in [-0.1, -0.05) is 23.8 Å². The monoisotopic (exact) mass is 232 g/mol. The van der Waals surface area contributed by atoms with Crippen LogP contribution in [0.5, 0.6) is 0 Å². The number of nitrogens with zero attached hydrogens (tertiary/aromatic N) is 1. The number of likely N-dealkylation sites (N-methyl/N-ethyl adjacent to an activating group) is 1. The van der Waals surface area contributed by atoms with Gasteiger partial charge in [0.15, 0.2) is 0 Å². The van der Waals surface area contributed by atoms with Crippen LogP contribution in [-0.4, -0.2) is 31.6 Å². The molecule has 0 saturated carbocycles. The average molecular weight is 232 g/mol. The van der Waals surface area contributed by atoms with Crippen LogP contribution in [0.2, 0.25) is 0 Å². The van der Waals surface area contributed by atoms with E-state index in [1.54, 1.807) is 0 Å². The van der Waals surface area contributed by atoms with Crippen molar-refractivity contribution in [3.8, 4) is 0 Å². The molecule has 1 aromatic carbocycles. The molecule has 0 spiro atoms. The SMILES string of the molecule is Cc1ccc(C2(C)CNCCCN2C)c(C)c1. The fraction of sp³-hybridized carbons (Fsp3) is 0.600. The summed E-state index contributed by atoms with van der Waals surface area (Å²) in [5.41, 5.74) is 4.33. The Morgan fingerprint density at radius 3 is 2.76 bits per heavy atom. The molecule has 1 aliphatic rings. The fourth-order valence-electron chi connectivity index (χ4n) is 2.87. The van der Waals surface area contributed by atoms with Gasteiger partial charge in [0.25, 0.3) is 0 Å². The van der Waals surface area contributed by atoms with Gasteiger partial charge in [0.2, 0.25) is 0 Å². The molecule has 94 valence electrons. The first kappa shape index (κ1) is 12.6. The van der Waals surface area contributed by atoms with E-state index in [0.717, 1.165) is 19.6 Å². The van der Waals surface area contributed by atoms with Gasteiger partial charge in [-0.25, -0.2) is 0 Å². The number of aryl methyl sites for hydroxylation is 2. The Kier molecular flexibility index (Phi) is 3.55. The average Bonchev–Trinajstić information content (AvgIpc) is 2.42. The standard InChI is InChI=1S/C15H24N2/c1-12-6-7-14(13(2)10-12)15(3)11-16-8-5-9-17(15)4/h6-7,10,16H,5,8-9,11H2,1-4H3. The summed E-state index contributed by atoms with van der Waals surface area (Å²) in [6, 6.07) is 6.82. The lowest BCUT2D eigenvalue weighted by Gasteiger charge is -2.39. The maximum absolute atomic E-state index is 3.57. The molecule has 2 nitrogen and oxygen atoms in total. The Hall–Kier alpha value is -0.860. The van der Waals surface area contributed by atoms with Gasteiger partial charge in [-0.2, -0.15) is 0 Å². The van der Waals surface area contributed by atoms with E-state index in [4.69, 9.17) is 0 Å². The molecule has 0 amide bonds. The van der Waals surface area contributed by atoms with Crippen molar-refractivity contribution in [3.05, 3.63) is 34.9 Å². The maximum atomic E-state index is 3.57. The first-order chi connectivity index (χ1) is 8.04. The van der Waals surface area contributed by atoms with Crippen molar-refractivity contribution in [2.45, 2.75) is 32.7 Å². The second-order valence-electron chi connectivity index (χ2n) is 5.54. The van der Waals surface area contributed by atoms with Crippen LogP contribution in [0.15, 0.2) is 18.2 Å². The van der Waals surface area contributed by atoms with Crippen LogP contribution >= 0.6 is 0 Å². The van der Waals surface area contributed by atoms with Gasteiger partial charge >= 0.3 is 0 Å². The Morgan fingerprint density at radius 2 is 2.06 bits per heavy atom. The van der Waals surface area contributed by atoms with Crippen molar-refractivity contribution in [3.63, 3.8) is 0 Å². The Morgan fingerprint density at radius 1 is 1.29 bits per heavy atom. The molecule has 0 aliphatic carbocycles. The zero-order chi connectivity index (χ0) is 12.5. The third kappa shape index (κ3) is 2.38. The van der Waals surface area contributed by atoms with Gasteiger partial charge in [-0.05, 0) is 58.5 Å². The summed E-state index contributed by atoms with van der Waals surface area (Å²) in [4.78, 5) is 2.49. The number of hydrogen-bond acceptors (Lipinski definition) is 2. The second-order valence-corrected chi connectivity index (χ2v) is 5.54. The first-order valence-electron chi connectivity index (χ1n) is 6.54. The number of hydrogen-bond donors (Lipinski definition) is 1. The van der Waals surface area contributed by atoms with Crippen LogP contribution in [0.25, 0.3) is 0 Å². The third-order valence-electron chi connectivity index (χ3n) is 4.12. The van der Waals surface area contributed by atoms with Gasteiger partial charge < -0.3 is 5.32 Å². The third-order valence-corrected chi connectivity index (χ3v) is 4.12. The molecule has 1 atom stereocenters. The molecule has 0 bridgehead atoms. The minimum absolute atomic E-state index is 0.119. The van der Waals surface area contributed by atoms with E-state index in [1.807, 2.05) is 0 Å². The van der Waals surface area contributed by atoms with Gasteiger partial charge in [-0.3, -0.25) is 4.90 Å². The zero-order valence-electron chi connectivity index (χ0n) is 11.5. The topological polar surface area (TPSA) is 15.3 Å². The quantitative estimate of drug-likeness (QED) is 0.800. The summed E-state index contributed by atoms with van der Waals surface area (Å²) in [6.45, 7) is 10.1. The van der Waals surface area contributed by atoms with E-state index < -0.39 is 0 Å². The van der Waals surface area contributed by atoms with E-state index >= 15 is 0 Å². The highest BCUT2D eigenvalue weighted by molar-refractivity contribution is 5.36. The Balaban J connectivity index is 2.41. The van der Waals surface area contributed by atoms with Crippen LogP contribution in [0, 0.1) is 13.8 Å². The lowest BCUT2D eigenvalue weighted by molar-refractivity contribution is 0.151. The number of rotatable bonds is 1. The summed E-state index contributed by atoms with van der Waals surface area (Å²) >= 11 is 0.